The Morgan fingerprint density at radius 3 is 1.93 bits per heavy atom. The number of aryl methyl sites for hydroxylation is 1. The molecule has 84 heavy (non-hydrogen) atoms. The van der Waals surface area contributed by atoms with Crippen molar-refractivity contribution in [3.63, 3.8) is 0 Å². The topological polar surface area (TPSA) is 21.3 Å². The number of aromatic nitrogens is 1. The highest BCUT2D eigenvalue weighted by Gasteiger charge is 2.43. The van der Waals surface area contributed by atoms with Crippen LogP contribution in [0.15, 0.2) is 223 Å². The van der Waals surface area contributed by atoms with Crippen LogP contribution < -0.4 is 4.90 Å². The Balaban J connectivity index is 0.931. The Morgan fingerprint density at radius 2 is 1.17 bits per heavy atom. The minimum Gasteiger partial charge on any atom is -0.455 e. The standard InChI is InChI=1S/C81H74N2O/c1-5-9-11-17-49-81(50-18-12-10-6-2)74-53-64(82(76-27-19-22-59-21-13-14-23-66(59)76)63-41-37-60(38-42-63)67-25-20-26-71-70-24-15-16-28-79(70)84-80(67)71)43-45-68(74)69-46-44-65(54-75(69)81)83-77-47-39-61(57-33-29-55(7-3)30-34-57)51-72(77)73-52-62(40-48-78(73)83)58-35-31-56(8-4)32-36-58/h7,13-16,19-38,40-46,48,51-54H,3,5-6,8-12,17-18,39,47,49-50H2,1-2,4H3. The number of hydrogen-bond acceptors (Lipinski definition) is 2. The molecule has 0 N–H and O–H groups in total. The molecule has 0 bridgehead atoms. The molecule has 0 spiro atoms. The number of nitrogens with zero attached hydrogens (tertiary/aromatic N) is 2. The SMILES string of the molecule is C=Cc1ccc(C2=Cc3c(n(-c4ccc5c(c4)C(CCCCCC)(CCCCCC)c4cc(N(c6ccc(-c7cccc8c7oc7ccccc78)cc6)c6cccc7ccccc67)ccc4-5)c4ccc(-c5ccc(CC)cc5)cc34)CC2)cc1. The molecule has 2 heterocycles. The van der Waals surface area contributed by atoms with Gasteiger partial charge in [0.05, 0.1) is 11.2 Å². The minimum atomic E-state index is -0.177. The van der Waals surface area contributed by atoms with Crippen molar-refractivity contribution in [2.75, 3.05) is 4.90 Å². The largest absolute Gasteiger partial charge is 0.455 e. The van der Waals surface area contributed by atoms with Gasteiger partial charge in [0, 0.05) is 60.8 Å². The van der Waals surface area contributed by atoms with Crippen LogP contribution in [-0.4, -0.2) is 4.57 Å². The first-order chi connectivity index (χ1) is 41.4. The average Bonchev–Trinajstić information content (AvgIpc) is 3.00. The van der Waals surface area contributed by atoms with E-state index in [4.69, 9.17) is 4.42 Å². The maximum atomic E-state index is 6.58. The lowest BCUT2D eigenvalue weighted by molar-refractivity contribution is 0.401. The lowest BCUT2D eigenvalue weighted by Crippen LogP contribution is -2.26. The maximum Gasteiger partial charge on any atom is 0.143 e. The molecule has 414 valence electrons. The van der Waals surface area contributed by atoms with Crippen LogP contribution >= 0.6 is 0 Å². The summed E-state index contributed by atoms with van der Waals surface area (Å²) in [6.45, 7) is 11.0. The zero-order valence-electron chi connectivity index (χ0n) is 49.1. The highest BCUT2D eigenvalue weighted by molar-refractivity contribution is 6.10. The second-order valence-corrected chi connectivity index (χ2v) is 23.8. The number of furan rings is 1. The fourth-order valence-corrected chi connectivity index (χ4v) is 14.5. The second kappa shape index (κ2) is 22.7. The number of unbranched alkanes of at least 4 members (excludes halogenated alkanes) is 6. The van der Waals surface area contributed by atoms with Gasteiger partial charge in [0.25, 0.3) is 0 Å². The van der Waals surface area contributed by atoms with Crippen LogP contribution in [0.3, 0.4) is 0 Å². The lowest BCUT2D eigenvalue weighted by atomic mass is 9.70. The molecule has 2 aromatic heterocycles. The molecule has 0 amide bonds. The Morgan fingerprint density at radius 1 is 0.512 bits per heavy atom. The van der Waals surface area contributed by atoms with Gasteiger partial charge in [-0.15, -0.1) is 0 Å². The van der Waals surface area contributed by atoms with Gasteiger partial charge in [-0.25, -0.2) is 0 Å². The van der Waals surface area contributed by atoms with E-state index in [0.717, 1.165) is 76.4 Å². The molecular formula is C81H74N2O. The number of rotatable bonds is 19. The third kappa shape index (κ3) is 9.39. The van der Waals surface area contributed by atoms with Crippen molar-refractivity contribution >= 4 is 78.4 Å². The number of anilines is 3. The van der Waals surface area contributed by atoms with Crippen LogP contribution in [0.4, 0.5) is 17.1 Å². The average molecular weight is 1090 g/mol. The van der Waals surface area contributed by atoms with Crippen LogP contribution in [-0.2, 0) is 18.3 Å². The summed E-state index contributed by atoms with van der Waals surface area (Å²) in [6, 6.07) is 80.3. The molecule has 0 fully saturated rings. The number of para-hydroxylation sites is 2. The van der Waals surface area contributed by atoms with Crippen molar-refractivity contribution in [2.24, 2.45) is 0 Å². The summed E-state index contributed by atoms with van der Waals surface area (Å²) in [5, 5.41) is 6.06. The summed E-state index contributed by atoms with van der Waals surface area (Å²) >= 11 is 0. The van der Waals surface area contributed by atoms with Gasteiger partial charge in [-0.05, 0) is 165 Å². The number of hydrogen-bond donors (Lipinski definition) is 0. The number of fused-ring (bicyclic) bond motifs is 10. The van der Waals surface area contributed by atoms with Gasteiger partial charge in [0.15, 0.2) is 0 Å². The van der Waals surface area contributed by atoms with Crippen LogP contribution in [0.1, 0.15) is 130 Å². The summed E-state index contributed by atoms with van der Waals surface area (Å²) in [5.74, 6) is 0. The maximum absolute atomic E-state index is 6.58. The minimum absolute atomic E-state index is 0.177. The fourth-order valence-electron chi connectivity index (χ4n) is 14.5. The summed E-state index contributed by atoms with van der Waals surface area (Å²) in [6.07, 6.45) is 19.4. The van der Waals surface area contributed by atoms with Crippen molar-refractivity contribution in [3.05, 3.63) is 258 Å². The van der Waals surface area contributed by atoms with E-state index in [2.05, 4.69) is 255 Å². The Hall–Kier alpha value is -8.92. The molecular weight excluding hydrogens is 1020 g/mol. The van der Waals surface area contributed by atoms with E-state index in [9.17, 15) is 0 Å². The molecule has 10 aromatic carbocycles. The van der Waals surface area contributed by atoms with Crippen molar-refractivity contribution in [3.8, 4) is 39.1 Å². The predicted octanol–water partition coefficient (Wildman–Crippen LogP) is 23.4. The highest BCUT2D eigenvalue weighted by atomic mass is 16.3. The van der Waals surface area contributed by atoms with E-state index in [-0.39, 0.29) is 5.41 Å². The number of benzene rings is 10. The van der Waals surface area contributed by atoms with Gasteiger partial charge in [0.1, 0.15) is 11.2 Å². The zero-order valence-corrected chi connectivity index (χ0v) is 49.1. The molecule has 2 aliphatic rings. The predicted molar refractivity (Wildman–Crippen MR) is 359 cm³/mol. The molecule has 0 radical (unpaired) electrons. The summed E-state index contributed by atoms with van der Waals surface area (Å²) in [7, 11) is 0. The van der Waals surface area contributed by atoms with E-state index < -0.39 is 0 Å². The molecule has 12 aromatic rings. The third-order valence-electron chi connectivity index (χ3n) is 18.9. The molecule has 2 aliphatic carbocycles. The van der Waals surface area contributed by atoms with E-state index in [0.29, 0.717) is 0 Å². The van der Waals surface area contributed by atoms with Gasteiger partial charge in [0.2, 0.25) is 0 Å². The van der Waals surface area contributed by atoms with Crippen molar-refractivity contribution in [2.45, 2.75) is 110 Å². The molecule has 0 saturated heterocycles. The van der Waals surface area contributed by atoms with Crippen molar-refractivity contribution in [1.82, 2.24) is 4.57 Å². The summed E-state index contributed by atoms with van der Waals surface area (Å²) in [5.41, 5.74) is 26.1. The van der Waals surface area contributed by atoms with Crippen LogP contribution in [0.2, 0.25) is 0 Å². The Labute approximate surface area is 496 Å². The van der Waals surface area contributed by atoms with Gasteiger partial charge in [-0.2, -0.15) is 0 Å². The fraction of sp³-hybridized carbons (Fsp3) is 0.210. The molecule has 14 rings (SSSR count). The normalized spacial score (nSPS) is 13.3. The van der Waals surface area contributed by atoms with Crippen molar-refractivity contribution < 1.29 is 4.42 Å². The first kappa shape index (κ1) is 53.1. The first-order valence-electron chi connectivity index (χ1n) is 31.2. The Bertz CT molecular complexity index is 4430. The number of allylic oxidation sites excluding steroid dienone is 1. The monoisotopic (exact) mass is 1090 g/mol. The summed E-state index contributed by atoms with van der Waals surface area (Å²) < 4.78 is 9.23. The molecule has 0 unspecified atom stereocenters. The molecule has 0 aliphatic heterocycles. The van der Waals surface area contributed by atoms with Crippen LogP contribution in [0.25, 0.3) is 100 Å². The van der Waals surface area contributed by atoms with E-state index >= 15 is 0 Å². The van der Waals surface area contributed by atoms with Crippen LogP contribution in [0, 0.1) is 0 Å². The Kier molecular flexibility index (Phi) is 14.3. The summed E-state index contributed by atoms with van der Waals surface area (Å²) in [4.78, 5) is 2.53. The van der Waals surface area contributed by atoms with Gasteiger partial charge in [-0.3, -0.25) is 0 Å². The second-order valence-electron chi connectivity index (χ2n) is 23.8. The highest BCUT2D eigenvalue weighted by Crippen LogP contribution is 2.57. The van der Waals surface area contributed by atoms with Crippen LogP contribution in [0.5, 0.6) is 0 Å². The van der Waals surface area contributed by atoms with Gasteiger partial charge in [-0.1, -0.05) is 236 Å². The molecule has 0 saturated carbocycles. The third-order valence-corrected chi connectivity index (χ3v) is 18.9. The lowest BCUT2D eigenvalue weighted by Gasteiger charge is -2.34. The molecule has 0 atom stereocenters. The van der Waals surface area contributed by atoms with E-state index in [1.165, 1.54) is 151 Å². The molecule has 3 heteroatoms. The quantitative estimate of drug-likeness (QED) is 0.0753. The zero-order chi connectivity index (χ0) is 56.7. The van der Waals surface area contributed by atoms with Gasteiger partial charge < -0.3 is 13.9 Å². The van der Waals surface area contributed by atoms with Crippen molar-refractivity contribution in [1.29, 1.82) is 0 Å². The van der Waals surface area contributed by atoms with E-state index in [1.54, 1.807) is 0 Å². The first-order valence-corrected chi connectivity index (χ1v) is 31.2. The van der Waals surface area contributed by atoms with Gasteiger partial charge >= 0.3 is 0 Å². The smallest absolute Gasteiger partial charge is 0.143 e. The van der Waals surface area contributed by atoms with E-state index in [1.807, 2.05) is 6.08 Å². The molecule has 3 nitrogen and oxygen atoms in total.